The number of hydrazine groups is 1. The van der Waals surface area contributed by atoms with Gasteiger partial charge in [-0.05, 0) is 12.8 Å². The van der Waals surface area contributed by atoms with Crippen LogP contribution in [0.4, 0.5) is 8.78 Å². The second-order valence-corrected chi connectivity index (χ2v) is 3.11. The van der Waals surface area contributed by atoms with Gasteiger partial charge in [0.05, 0.1) is 0 Å². The molecule has 66 valence electrons. The van der Waals surface area contributed by atoms with Gasteiger partial charge >= 0.3 is 0 Å². The summed E-state index contributed by atoms with van der Waals surface area (Å²) in [6, 6.07) is 0. The van der Waals surface area contributed by atoms with Crippen molar-refractivity contribution in [1.82, 2.24) is 5.43 Å². The summed E-state index contributed by atoms with van der Waals surface area (Å²) in [7, 11) is 0. The van der Waals surface area contributed by atoms with E-state index in [2.05, 4.69) is 5.43 Å². The fourth-order valence-corrected chi connectivity index (χ4v) is 1.56. The van der Waals surface area contributed by atoms with Crippen LogP contribution in [0.3, 0.4) is 0 Å². The Balaban J connectivity index is 2.45. The number of hydrogen-bond acceptors (Lipinski definition) is 2. The zero-order valence-corrected chi connectivity index (χ0v) is 6.45. The summed E-state index contributed by atoms with van der Waals surface area (Å²) in [6.07, 6.45) is 2.17. The molecule has 3 N–H and O–H groups in total. The number of alkyl halides is 2. The van der Waals surface area contributed by atoms with Crippen molar-refractivity contribution in [2.45, 2.75) is 31.6 Å². The lowest BCUT2D eigenvalue weighted by atomic mass is 9.86. The first kappa shape index (κ1) is 8.87. The standard InChI is InChI=1S/C7H14F2N2/c8-7(9)4-2-1-3-6(7)5-11-10/h6,11H,1-5,10H2. The third-order valence-electron chi connectivity index (χ3n) is 2.27. The van der Waals surface area contributed by atoms with Crippen molar-refractivity contribution in [3.63, 3.8) is 0 Å². The molecular formula is C7H14F2N2. The minimum atomic E-state index is -2.50. The molecular weight excluding hydrogens is 150 g/mol. The van der Waals surface area contributed by atoms with Gasteiger partial charge in [0.1, 0.15) is 0 Å². The molecule has 11 heavy (non-hydrogen) atoms. The Hall–Kier alpha value is -0.220. The van der Waals surface area contributed by atoms with Crippen LogP contribution in [0.5, 0.6) is 0 Å². The van der Waals surface area contributed by atoms with E-state index in [0.29, 0.717) is 12.8 Å². The Morgan fingerprint density at radius 3 is 2.73 bits per heavy atom. The second kappa shape index (κ2) is 3.45. The molecule has 0 aromatic heterocycles. The predicted molar refractivity (Wildman–Crippen MR) is 39.1 cm³/mol. The maximum absolute atomic E-state index is 13.0. The number of hydrogen-bond donors (Lipinski definition) is 2. The molecule has 1 fully saturated rings. The lowest BCUT2D eigenvalue weighted by Gasteiger charge is -2.30. The van der Waals surface area contributed by atoms with Gasteiger partial charge < -0.3 is 0 Å². The van der Waals surface area contributed by atoms with Crippen molar-refractivity contribution < 1.29 is 8.78 Å². The smallest absolute Gasteiger partial charge is 0.252 e. The Morgan fingerprint density at radius 1 is 1.45 bits per heavy atom. The molecule has 1 saturated carbocycles. The third kappa shape index (κ3) is 2.10. The van der Waals surface area contributed by atoms with Crippen molar-refractivity contribution in [3.05, 3.63) is 0 Å². The Kier molecular flexibility index (Phi) is 2.78. The van der Waals surface area contributed by atoms with Crippen LogP contribution >= 0.6 is 0 Å². The van der Waals surface area contributed by atoms with Gasteiger partial charge in [-0.3, -0.25) is 11.3 Å². The van der Waals surface area contributed by atoms with Crippen molar-refractivity contribution in [2.75, 3.05) is 6.54 Å². The Bertz CT molecular complexity index is 126. The summed E-state index contributed by atoms with van der Waals surface area (Å²) < 4.78 is 25.9. The molecule has 0 aromatic carbocycles. The van der Waals surface area contributed by atoms with Crippen molar-refractivity contribution >= 4 is 0 Å². The van der Waals surface area contributed by atoms with E-state index in [0.717, 1.165) is 6.42 Å². The van der Waals surface area contributed by atoms with Crippen LogP contribution in [-0.2, 0) is 0 Å². The van der Waals surface area contributed by atoms with Gasteiger partial charge in [0, 0.05) is 18.9 Å². The molecule has 1 unspecified atom stereocenters. The van der Waals surface area contributed by atoms with Gasteiger partial charge in [-0.2, -0.15) is 0 Å². The SMILES string of the molecule is NNCC1CCCCC1(F)F. The lowest BCUT2D eigenvalue weighted by Crippen LogP contribution is -2.41. The lowest BCUT2D eigenvalue weighted by molar-refractivity contribution is -0.0842. The highest BCUT2D eigenvalue weighted by Crippen LogP contribution is 2.37. The predicted octanol–water partition coefficient (Wildman–Crippen LogP) is 1.28. The zero-order chi connectivity index (χ0) is 8.32. The molecule has 0 aliphatic heterocycles. The van der Waals surface area contributed by atoms with Gasteiger partial charge in [0.15, 0.2) is 0 Å². The van der Waals surface area contributed by atoms with Crippen molar-refractivity contribution in [3.8, 4) is 0 Å². The van der Waals surface area contributed by atoms with Gasteiger partial charge in [0.2, 0.25) is 0 Å². The van der Waals surface area contributed by atoms with Gasteiger partial charge in [-0.1, -0.05) is 6.42 Å². The molecule has 2 nitrogen and oxygen atoms in total. The zero-order valence-electron chi connectivity index (χ0n) is 6.45. The molecule has 0 spiro atoms. The van der Waals surface area contributed by atoms with Crippen LogP contribution in [-0.4, -0.2) is 12.5 Å². The summed E-state index contributed by atoms with van der Waals surface area (Å²) in [5.41, 5.74) is 2.31. The van der Waals surface area contributed by atoms with E-state index in [1.807, 2.05) is 0 Å². The molecule has 1 atom stereocenters. The summed E-state index contributed by atoms with van der Waals surface area (Å²) in [4.78, 5) is 0. The maximum atomic E-state index is 13.0. The third-order valence-corrected chi connectivity index (χ3v) is 2.27. The van der Waals surface area contributed by atoms with Crippen molar-refractivity contribution in [2.24, 2.45) is 11.8 Å². The molecule has 0 saturated heterocycles. The summed E-state index contributed by atoms with van der Waals surface area (Å²) in [6.45, 7) is 0.229. The van der Waals surface area contributed by atoms with Gasteiger partial charge in [-0.15, -0.1) is 0 Å². The second-order valence-electron chi connectivity index (χ2n) is 3.11. The van der Waals surface area contributed by atoms with Crippen LogP contribution in [0.2, 0.25) is 0 Å². The van der Waals surface area contributed by atoms with Crippen LogP contribution in [0.25, 0.3) is 0 Å². The number of nitrogens with one attached hydrogen (secondary N) is 1. The number of halogens is 2. The molecule has 0 amide bonds. The first-order valence-electron chi connectivity index (χ1n) is 3.98. The summed E-state index contributed by atoms with van der Waals surface area (Å²) in [5.74, 6) is 1.95. The molecule has 0 radical (unpaired) electrons. The largest absolute Gasteiger partial charge is 0.271 e. The molecule has 0 aromatic rings. The maximum Gasteiger partial charge on any atom is 0.252 e. The summed E-state index contributed by atoms with van der Waals surface area (Å²) in [5, 5.41) is 0. The van der Waals surface area contributed by atoms with E-state index in [4.69, 9.17) is 5.84 Å². The van der Waals surface area contributed by atoms with Crippen LogP contribution < -0.4 is 11.3 Å². The highest BCUT2D eigenvalue weighted by molar-refractivity contribution is 4.82. The van der Waals surface area contributed by atoms with Crippen LogP contribution in [0.15, 0.2) is 0 Å². The highest BCUT2D eigenvalue weighted by Gasteiger charge is 2.40. The monoisotopic (exact) mass is 164 g/mol. The molecule has 1 aliphatic carbocycles. The van der Waals surface area contributed by atoms with E-state index in [-0.39, 0.29) is 13.0 Å². The Morgan fingerprint density at radius 2 is 2.18 bits per heavy atom. The first-order valence-corrected chi connectivity index (χ1v) is 3.98. The van der Waals surface area contributed by atoms with E-state index in [1.165, 1.54) is 0 Å². The van der Waals surface area contributed by atoms with Crippen LogP contribution in [0.1, 0.15) is 25.7 Å². The minimum Gasteiger partial charge on any atom is -0.271 e. The van der Waals surface area contributed by atoms with Gasteiger partial charge in [0.25, 0.3) is 5.92 Å². The molecule has 1 rings (SSSR count). The number of rotatable bonds is 2. The quantitative estimate of drug-likeness (QED) is 0.476. The average molecular weight is 164 g/mol. The van der Waals surface area contributed by atoms with Crippen molar-refractivity contribution in [1.29, 1.82) is 0 Å². The molecule has 1 aliphatic rings. The molecule has 0 heterocycles. The van der Waals surface area contributed by atoms with E-state index >= 15 is 0 Å². The van der Waals surface area contributed by atoms with Crippen LogP contribution in [0, 0.1) is 5.92 Å². The normalized spacial score (nSPS) is 30.3. The number of nitrogens with two attached hydrogens (primary N) is 1. The van der Waals surface area contributed by atoms with E-state index in [9.17, 15) is 8.78 Å². The first-order chi connectivity index (χ1) is 5.17. The minimum absolute atomic E-state index is 0.0271. The topological polar surface area (TPSA) is 38.0 Å². The molecule has 0 bridgehead atoms. The van der Waals surface area contributed by atoms with E-state index < -0.39 is 11.8 Å². The fourth-order valence-electron chi connectivity index (χ4n) is 1.56. The highest BCUT2D eigenvalue weighted by atomic mass is 19.3. The molecule has 4 heteroatoms. The average Bonchev–Trinajstić information content (AvgIpc) is 1.94. The van der Waals surface area contributed by atoms with E-state index in [1.54, 1.807) is 0 Å². The summed E-state index contributed by atoms with van der Waals surface area (Å²) >= 11 is 0. The fraction of sp³-hybridized carbons (Fsp3) is 1.00. The Labute approximate surface area is 65.1 Å². The van der Waals surface area contributed by atoms with Gasteiger partial charge in [-0.25, -0.2) is 8.78 Å².